The van der Waals surface area contributed by atoms with E-state index in [1.807, 2.05) is 0 Å². The number of hydrogen-bond acceptors (Lipinski definition) is 2. The molecule has 0 bridgehead atoms. The van der Waals surface area contributed by atoms with E-state index in [0.717, 1.165) is 13.2 Å². The van der Waals surface area contributed by atoms with Crippen LogP contribution in [0, 0.1) is 0 Å². The van der Waals surface area contributed by atoms with Crippen LogP contribution in [0.5, 0.6) is 0 Å². The van der Waals surface area contributed by atoms with Crippen LogP contribution in [0.2, 0.25) is 0 Å². The van der Waals surface area contributed by atoms with Gasteiger partial charge in [-0.3, -0.25) is 0 Å². The summed E-state index contributed by atoms with van der Waals surface area (Å²) in [5, 5.41) is 3.47. The van der Waals surface area contributed by atoms with Crippen molar-refractivity contribution >= 4 is 0 Å². The molecule has 2 nitrogen and oxygen atoms in total. The number of ether oxygens (including phenoxy) is 1. The maximum Gasteiger partial charge on any atom is 0.0641 e. The Bertz CT molecular complexity index is 91.9. The van der Waals surface area contributed by atoms with Crippen LogP contribution >= 0.6 is 0 Å². The molecule has 2 heteroatoms. The van der Waals surface area contributed by atoms with Crippen LogP contribution in [0.3, 0.4) is 0 Å². The molecular weight excluding hydrogens is 126 g/mol. The Labute approximate surface area is 63.0 Å². The van der Waals surface area contributed by atoms with Gasteiger partial charge in [0.25, 0.3) is 0 Å². The van der Waals surface area contributed by atoms with Crippen molar-refractivity contribution in [3.8, 4) is 0 Å². The van der Waals surface area contributed by atoms with E-state index in [1.165, 1.54) is 19.3 Å². The van der Waals surface area contributed by atoms with Gasteiger partial charge in [0.05, 0.1) is 6.61 Å². The van der Waals surface area contributed by atoms with Gasteiger partial charge >= 0.3 is 0 Å². The van der Waals surface area contributed by atoms with Crippen LogP contribution in [0.25, 0.3) is 0 Å². The minimum Gasteiger partial charge on any atom is -0.383 e. The summed E-state index contributed by atoms with van der Waals surface area (Å²) in [5.41, 5.74) is 0.257. The van der Waals surface area contributed by atoms with Crippen molar-refractivity contribution in [3.63, 3.8) is 0 Å². The normalized spacial score (nSPS) is 34.2. The van der Waals surface area contributed by atoms with E-state index in [-0.39, 0.29) is 5.54 Å². The summed E-state index contributed by atoms with van der Waals surface area (Å²) < 4.78 is 5.12. The van der Waals surface area contributed by atoms with Gasteiger partial charge in [0.1, 0.15) is 0 Å². The maximum absolute atomic E-state index is 5.12. The Morgan fingerprint density at radius 3 is 2.80 bits per heavy atom. The molecule has 1 heterocycles. The molecule has 0 unspecified atom stereocenters. The van der Waals surface area contributed by atoms with E-state index < -0.39 is 0 Å². The monoisotopic (exact) mass is 143 g/mol. The summed E-state index contributed by atoms with van der Waals surface area (Å²) in [7, 11) is 1.77. The van der Waals surface area contributed by atoms with Crippen molar-refractivity contribution < 1.29 is 4.74 Å². The third kappa shape index (κ3) is 1.96. The Hall–Kier alpha value is -0.0800. The Morgan fingerprint density at radius 2 is 2.30 bits per heavy atom. The molecule has 0 aromatic carbocycles. The van der Waals surface area contributed by atoms with Crippen LogP contribution in [0.1, 0.15) is 26.2 Å². The minimum atomic E-state index is 0.257. The molecule has 1 fully saturated rings. The number of hydrogen-bond donors (Lipinski definition) is 1. The lowest BCUT2D eigenvalue weighted by atomic mass is 9.92. The van der Waals surface area contributed by atoms with Gasteiger partial charge in [0, 0.05) is 12.6 Å². The average molecular weight is 143 g/mol. The zero-order valence-corrected chi connectivity index (χ0v) is 6.94. The van der Waals surface area contributed by atoms with Gasteiger partial charge < -0.3 is 10.1 Å². The molecule has 60 valence electrons. The molecule has 1 rings (SSSR count). The van der Waals surface area contributed by atoms with Crippen molar-refractivity contribution in [3.05, 3.63) is 0 Å². The maximum atomic E-state index is 5.12. The molecule has 0 aliphatic carbocycles. The highest BCUT2D eigenvalue weighted by atomic mass is 16.5. The zero-order chi connectivity index (χ0) is 7.45. The molecule has 1 saturated heterocycles. The van der Waals surface area contributed by atoms with Crippen LogP contribution in [0.4, 0.5) is 0 Å². The summed E-state index contributed by atoms with van der Waals surface area (Å²) in [5.74, 6) is 0. The molecule has 0 radical (unpaired) electrons. The summed E-state index contributed by atoms with van der Waals surface area (Å²) in [6.45, 7) is 4.22. The fourth-order valence-electron chi connectivity index (χ4n) is 1.56. The lowest BCUT2D eigenvalue weighted by Crippen LogP contribution is -2.49. The molecule has 0 amide bonds. The molecule has 0 saturated carbocycles. The number of rotatable bonds is 2. The average Bonchev–Trinajstić information content (AvgIpc) is 1.89. The SMILES string of the molecule is COC[C@@]1(C)CCCCN1. The van der Waals surface area contributed by atoms with Crippen molar-refractivity contribution in [1.82, 2.24) is 5.32 Å². The first-order valence-electron chi connectivity index (χ1n) is 4.01. The molecule has 1 atom stereocenters. The van der Waals surface area contributed by atoms with Gasteiger partial charge in [-0.2, -0.15) is 0 Å². The summed E-state index contributed by atoms with van der Waals surface area (Å²) in [6, 6.07) is 0. The van der Waals surface area contributed by atoms with Gasteiger partial charge in [-0.05, 0) is 26.3 Å². The molecular formula is C8H17NO. The smallest absolute Gasteiger partial charge is 0.0641 e. The van der Waals surface area contributed by atoms with Gasteiger partial charge in [-0.1, -0.05) is 6.42 Å². The third-order valence-electron chi connectivity index (χ3n) is 2.17. The van der Waals surface area contributed by atoms with Crippen molar-refractivity contribution in [2.45, 2.75) is 31.7 Å². The number of nitrogens with one attached hydrogen (secondary N) is 1. The Morgan fingerprint density at radius 1 is 1.50 bits per heavy atom. The topological polar surface area (TPSA) is 21.3 Å². The fourth-order valence-corrected chi connectivity index (χ4v) is 1.56. The zero-order valence-electron chi connectivity index (χ0n) is 6.94. The first-order chi connectivity index (χ1) is 4.77. The van der Waals surface area contributed by atoms with E-state index in [2.05, 4.69) is 12.2 Å². The van der Waals surface area contributed by atoms with Gasteiger partial charge in [0.15, 0.2) is 0 Å². The van der Waals surface area contributed by atoms with Crippen molar-refractivity contribution in [1.29, 1.82) is 0 Å². The lowest BCUT2D eigenvalue weighted by molar-refractivity contribution is 0.101. The molecule has 1 aliphatic rings. The number of piperidine rings is 1. The fraction of sp³-hybridized carbons (Fsp3) is 1.00. The minimum absolute atomic E-state index is 0.257. The first kappa shape index (κ1) is 8.02. The van der Waals surface area contributed by atoms with E-state index in [9.17, 15) is 0 Å². The molecule has 0 aromatic rings. The van der Waals surface area contributed by atoms with Gasteiger partial charge in [-0.15, -0.1) is 0 Å². The molecule has 1 aliphatic heterocycles. The Kier molecular flexibility index (Phi) is 2.69. The predicted octanol–water partition coefficient (Wildman–Crippen LogP) is 1.17. The standard InChI is InChI=1S/C8H17NO/c1-8(7-10-2)5-3-4-6-9-8/h9H,3-7H2,1-2H3/t8-/m1/s1. The van der Waals surface area contributed by atoms with Crippen LogP contribution in [-0.4, -0.2) is 25.8 Å². The van der Waals surface area contributed by atoms with Gasteiger partial charge in [-0.25, -0.2) is 0 Å². The molecule has 0 spiro atoms. The van der Waals surface area contributed by atoms with Crippen LogP contribution < -0.4 is 5.32 Å². The predicted molar refractivity (Wildman–Crippen MR) is 42.1 cm³/mol. The largest absolute Gasteiger partial charge is 0.383 e. The Balaban J connectivity index is 2.32. The number of methoxy groups -OCH3 is 1. The highest BCUT2D eigenvalue weighted by molar-refractivity contribution is 4.85. The van der Waals surface area contributed by atoms with E-state index in [0.29, 0.717) is 0 Å². The highest BCUT2D eigenvalue weighted by Gasteiger charge is 2.25. The molecule has 0 aromatic heterocycles. The summed E-state index contributed by atoms with van der Waals surface area (Å²) >= 11 is 0. The van der Waals surface area contributed by atoms with Crippen LogP contribution in [0.15, 0.2) is 0 Å². The summed E-state index contributed by atoms with van der Waals surface area (Å²) in [4.78, 5) is 0. The van der Waals surface area contributed by atoms with Gasteiger partial charge in [0.2, 0.25) is 0 Å². The van der Waals surface area contributed by atoms with E-state index >= 15 is 0 Å². The quantitative estimate of drug-likeness (QED) is 0.626. The second-order valence-corrected chi connectivity index (χ2v) is 3.38. The summed E-state index contributed by atoms with van der Waals surface area (Å²) in [6.07, 6.45) is 3.91. The lowest BCUT2D eigenvalue weighted by Gasteiger charge is -2.34. The first-order valence-corrected chi connectivity index (χ1v) is 4.01. The molecule has 10 heavy (non-hydrogen) atoms. The second kappa shape index (κ2) is 3.35. The van der Waals surface area contributed by atoms with Crippen molar-refractivity contribution in [2.75, 3.05) is 20.3 Å². The second-order valence-electron chi connectivity index (χ2n) is 3.38. The third-order valence-corrected chi connectivity index (χ3v) is 2.17. The highest BCUT2D eigenvalue weighted by Crippen LogP contribution is 2.18. The van der Waals surface area contributed by atoms with E-state index in [4.69, 9.17) is 4.74 Å². The van der Waals surface area contributed by atoms with Crippen LogP contribution in [-0.2, 0) is 4.74 Å². The van der Waals surface area contributed by atoms with Crippen molar-refractivity contribution in [2.24, 2.45) is 0 Å². The van der Waals surface area contributed by atoms with E-state index in [1.54, 1.807) is 7.11 Å². The molecule has 1 N–H and O–H groups in total.